The molecule has 2 aliphatic heterocycles. The van der Waals surface area contributed by atoms with E-state index < -0.39 is 0 Å². The quantitative estimate of drug-likeness (QED) is 0.849. The summed E-state index contributed by atoms with van der Waals surface area (Å²) < 4.78 is 0. The molecule has 0 aromatic rings. The summed E-state index contributed by atoms with van der Waals surface area (Å²) in [7, 11) is 0. The zero-order valence-electron chi connectivity index (χ0n) is 14.8. The molecule has 128 valence electrons. The van der Waals surface area contributed by atoms with Gasteiger partial charge in [-0.25, -0.2) is 0 Å². The van der Waals surface area contributed by atoms with Crippen molar-refractivity contribution in [3.8, 4) is 0 Å². The first-order chi connectivity index (χ1) is 10.5. The molecule has 22 heavy (non-hydrogen) atoms. The van der Waals surface area contributed by atoms with Crippen molar-refractivity contribution >= 4 is 5.91 Å². The third-order valence-corrected chi connectivity index (χ3v) is 5.69. The monoisotopic (exact) mass is 309 g/mol. The van der Waals surface area contributed by atoms with Crippen LogP contribution in [0.15, 0.2) is 0 Å². The number of nitrogens with zero attached hydrogens (tertiary/aromatic N) is 2. The predicted molar refractivity (Wildman–Crippen MR) is 91.6 cm³/mol. The van der Waals surface area contributed by atoms with Crippen LogP contribution in [0.25, 0.3) is 0 Å². The molecule has 1 amide bonds. The summed E-state index contributed by atoms with van der Waals surface area (Å²) in [5, 5.41) is 0. The van der Waals surface area contributed by atoms with Crippen molar-refractivity contribution in [2.45, 2.75) is 71.4 Å². The van der Waals surface area contributed by atoms with Gasteiger partial charge in [0.1, 0.15) is 0 Å². The van der Waals surface area contributed by atoms with E-state index in [0.717, 1.165) is 37.9 Å². The summed E-state index contributed by atoms with van der Waals surface area (Å²) in [5.41, 5.74) is 6.00. The Balaban J connectivity index is 1.69. The molecule has 0 aromatic heterocycles. The lowest BCUT2D eigenvalue weighted by Gasteiger charge is -2.37. The van der Waals surface area contributed by atoms with Crippen LogP contribution in [0.3, 0.4) is 0 Å². The van der Waals surface area contributed by atoms with Gasteiger partial charge in [0.15, 0.2) is 0 Å². The molecule has 2 fully saturated rings. The van der Waals surface area contributed by atoms with Gasteiger partial charge in [0.05, 0.1) is 6.04 Å². The van der Waals surface area contributed by atoms with E-state index in [0.29, 0.717) is 0 Å². The van der Waals surface area contributed by atoms with Crippen LogP contribution in [0.5, 0.6) is 0 Å². The van der Waals surface area contributed by atoms with Crippen LogP contribution in [0.4, 0.5) is 0 Å². The normalized spacial score (nSPS) is 26.4. The molecule has 2 heterocycles. The minimum Gasteiger partial charge on any atom is -0.341 e. The molecule has 2 saturated heterocycles. The second-order valence-electron chi connectivity index (χ2n) is 7.71. The van der Waals surface area contributed by atoms with Gasteiger partial charge in [-0.15, -0.1) is 0 Å². The average Bonchev–Trinajstić information content (AvgIpc) is 2.53. The van der Waals surface area contributed by atoms with E-state index in [9.17, 15) is 4.79 Å². The Hall–Kier alpha value is -0.610. The zero-order chi connectivity index (χ0) is 16.1. The molecule has 0 bridgehead atoms. The lowest BCUT2D eigenvalue weighted by molar-refractivity contribution is -0.135. The van der Waals surface area contributed by atoms with Crippen LogP contribution in [-0.2, 0) is 4.79 Å². The maximum Gasteiger partial charge on any atom is 0.239 e. The highest BCUT2D eigenvalue weighted by atomic mass is 16.2. The van der Waals surface area contributed by atoms with Gasteiger partial charge < -0.3 is 15.5 Å². The van der Waals surface area contributed by atoms with Crippen LogP contribution in [0.1, 0.15) is 59.3 Å². The number of nitrogens with two attached hydrogens (primary N) is 1. The molecule has 2 atom stereocenters. The van der Waals surface area contributed by atoms with Gasteiger partial charge in [-0.2, -0.15) is 0 Å². The van der Waals surface area contributed by atoms with Crippen LogP contribution >= 0.6 is 0 Å². The second-order valence-corrected chi connectivity index (χ2v) is 7.71. The molecule has 2 rings (SSSR count). The average molecular weight is 309 g/mol. The van der Waals surface area contributed by atoms with E-state index in [1.54, 1.807) is 0 Å². The highest BCUT2D eigenvalue weighted by Crippen LogP contribution is 2.24. The fourth-order valence-electron chi connectivity index (χ4n) is 3.78. The number of rotatable bonds is 5. The number of likely N-dealkylation sites (tertiary alicyclic amines) is 2. The van der Waals surface area contributed by atoms with Crippen molar-refractivity contribution in [2.75, 3.05) is 26.2 Å². The van der Waals surface area contributed by atoms with Gasteiger partial charge in [-0.1, -0.05) is 20.3 Å². The first kappa shape index (κ1) is 17.7. The lowest BCUT2D eigenvalue weighted by atomic mass is 9.91. The third-order valence-electron chi connectivity index (χ3n) is 5.69. The Morgan fingerprint density at radius 2 is 1.82 bits per heavy atom. The van der Waals surface area contributed by atoms with Crippen molar-refractivity contribution in [3.63, 3.8) is 0 Å². The highest BCUT2D eigenvalue weighted by molar-refractivity contribution is 5.82. The van der Waals surface area contributed by atoms with Gasteiger partial charge in [-0.05, 0) is 64.0 Å². The molecule has 0 aliphatic carbocycles. The lowest BCUT2D eigenvalue weighted by Crippen LogP contribution is -2.49. The minimum absolute atomic E-state index is 0.151. The molecule has 0 spiro atoms. The van der Waals surface area contributed by atoms with Crippen molar-refractivity contribution in [1.82, 2.24) is 9.80 Å². The van der Waals surface area contributed by atoms with Gasteiger partial charge in [0, 0.05) is 19.1 Å². The number of piperidine rings is 2. The topological polar surface area (TPSA) is 49.6 Å². The first-order valence-electron chi connectivity index (χ1n) is 9.27. The van der Waals surface area contributed by atoms with E-state index in [1.165, 1.54) is 38.8 Å². The molecule has 4 heteroatoms. The number of hydrogen-bond acceptors (Lipinski definition) is 3. The Labute approximate surface area is 136 Å². The number of carbonyl (C=O) groups excluding carboxylic acids is 1. The molecular formula is C18H35N3O. The molecule has 0 unspecified atom stereocenters. The second kappa shape index (κ2) is 8.30. The molecule has 4 nitrogen and oxygen atoms in total. The van der Waals surface area contributed by atoms with Gasteiger partial charge in [0.2, 0.25) is 5.91 Å². The SMILES string of the molecule is CC(C)[C@H](N)C(=O)N1CCC(CCN2CCCC[C@@H]2C)CC1. The third kappa shape index (κ3) is 4.69. The number of hydrogen-bond donors (Lipinski definition) is 1. The van der Waals surface area contributed by atoms with Gasteiger partial charge in [0.25, 0.3) is 0 Å². The summed E-state index contributed by atoms with van der Waals surface area (Å²) in [4.78, 5) is 16.9. The molecule has 0 aromatic carbocycles. The first-order valence-corrected chi connectivity index (χ1v) is 9.27. The molecule has 0 saturated carbocycles. The Kier molecular flexibility index (Phi) is 6.69. The molecule has 2 N–H and O–H groups in total. The number of amides is 1. The van der Waals surface area contributed by atoms with Crippen LogP contribution < -0.4 is 5.73 Å². The van der Waals surface area contributed by atoms with Gasteiger partial charge in [-0.3, -0.25) is 4.79 Å². The van der Waals surface area contributed by atoms with E-state index in [2.05, 4.69) is 11.8 Å². The molecular weight excluding hydrogens is 274 g/mol. The summed E-state index contributed by atoms with van der Waals surface area (Å²) in [6.07, 6.45) is 7.72. The van der Waals surface area contributed by atoms with Crippen molar-refractivity contribution in [3.05, 3.63) is 0 Å². The summed E-state index contributed by atoms with van der Waals surface area (Å²) in [5.74, 6) is 1.16. The fraction of sp³-hybridized carbons (Fsp3) is 0.944. The molecule has 0 radical (unpaired) electrons. The largest absolute Gasteiger partial charge is 0.341 e. The Bertz CT molecular complexity index is 350. The van der Waals surface area contributed by atoms with E-state index >= 15 is 0 Å². The van der Waals surface area contributed by atoms with Crippen molar-refractivity contribution < 1.29 is 4.79 Å². The maximum absolute atomic E-state index is 12.3. The maximum atomic E-state index is 12.3. The number of carbonyl (C=O) groups is 1. The fourth-order valence-corrected chi connectivity index (χ4v) is 3.78. The summed E-state index contributed by atoms with van der Waals surface area (Å²) in [6, 6.07) is 0.435. The summed E-state index contributed by atoms with van der Waals surface area (Å²) in [6.45, 7) is 10.7. The van der Waals surface area contributed by atoms with Crippen LogP contribution in [0, 0.1) is 11.8 Å². The predicted octanol–water partition coefficient (Wildman–Crippen LogP) is 2.47. The van der Waals surface area contributed by atoms with Crippen LogP contribution in [-0.4, -0.2) is 54.0 Å². The van der Waals surface area contributed by atoms with E-state index in [-0.39, 0.29) is 17.9 Å². The standard InChI is InChI=1S/C18H35N3O/c1-14(2)17(19)18(22)21-12-8-16(9-13-21)7-11-20-10-5-4-6-15(20)3/h14-17H,4-13,19H2,1-3H3/t15-,17-/m0/s1. The van der Waals surface area contributed by atoms with Gasteiger partial charge >= 0.3 is 0 Å². The molecule has 2 aliphatic rings. The summed E-state index contributed by atoms with van der Waals surface area (Å²) >= 11 is 0. The van der Waals surface area contributed by atoms with E-state index in [4.69, 9.17) is 5.73 Å². The zero-order valence-corrected chi connectivity index (χ0v) is 14.8. The minimum atomic E-state index is -0.328. The Morgan fingerprint density at radius 1 is 1.14 bits per heavy atom. The van der Waals surface area contributed by atoms with E-state index in [1.807, 2.05) is 18.7 Å². The van der Waals surface area contributed by atoms with Crippen LogP contribution in [0.2, 0.25) is 0 Å². The smallest absolute Gasteiger partial charge is 0.239 e. The highest BCUT2D eigenvalue weighted by Gasteiger charge is 2.28. The van der Waals surface area contributed by atoms with Crippen molar-refractivity contribution in [2.24, 2.45) is 17.6 Å². The van der Waals surface area contributed by atoms with Crippen molar-refractivity contribution in [1.29, 1.82) is 0 Å². The Morgan fingerprint density at radius 3 is 2.41 bits per heavy atom.